The molecule has 6 rings (SSSR count). The lowest BCUT2D eigenvalue weighted by atomic mass is 9.85. The molecule has 1 aromatic carbocycles. The zero-order valence-corrected chi connectivity index (χ0v) is 19.9. The van der Waals surface area contributed by atoms with Crippen LogP contribution in [0.25, 0.3) is 27.8 Å². The summed E-state index contributed by atoms with van der Waals surface area (Å²) in [6.45, 7) is 1.60. The monoisotopic (exact) mass is 494 g/mol. The number of H-pyrrole nitrogens is 1. The van der Waals surface area contributed by atoms with Gasteiger partial charge in [0.2, 0.25) is 0 Å². The van der Waals surface area contributed by atoms with Crippen LogP contribution in [0.5, 0.6) is 5.75 Å². The van der Waals surface area contributed by atoms with E-state index in [1.165, 1.54) is 13.2 Å². The number of nitrogens with one attached hydrogen (secondary N) is 1. The third kappa shape index (κ3) is 3.81. The van der Waals surface area contributed by atoms with Gasteiger partial charge in [-0.1, -0.05) is 0 Å². The number of aromatic nitrogens is 4. The summed E-state index contributed by atoms with van der Waals surface area (Å²) in [5.74, 6) is -1.04. The largest absolute Gasteiger partial charge is 0.494 e. The molecular formula is C26H27FN4O5. The number of benzene rings is 1. The van der Waals surface area contributed by atoms with Gasteiger partial charge in [-0.3, -0.25) is 5.10 Å². The molecule has 2 aliphatic heterocycles. The Morgan fingerprint density at radius 1 is 1.19 bits per heavy atom. The predicted octanol–water partition coefficient (Wildman–Crippen LogP) is 4.29. The second-order valence-electron chi connectivity index (χ2n) is 9.44. The van der Waals surface area contributed by atoms with Crippen LogP contribution in [0.4, 0.5) is 4.39 Å². The molecule has 2 N–H and O–H groups in total. The zero-order valence-electron chi connectivity index (χ0n) is 19.9. The van der Waals surface area contributed by atoms with Crippen LogP contribution in [0, 0.1) is 5.82 Å². The maximum Gasteiger partial charge on any atom is 0.332 e. The Bertz CT molecular complexity index is 1430. The highest BCUT2D eigenvalue weighted by molar-refractivity contribution is 5.93. The molecule has 0 spiro atoms. The van der Waals surface area contributed by atoms with Gasteiger partial charge in [0.05, 0.1) is 30.9 Å². The molecule has 9 nitrogen and oxygen atoms in total. The van der Waals surface area contributed by atoms with Gasteiger partial charge in [0.1, 0.15) is 0 Å². The van der Waals surface area contributed by atoms with Gasteiger partial charge in [0, 0.05) is 53.4 Å². The van der Waals surface area contributed by atoms with Gasteiger partial charge < -0.3 is 23.9 Å². The molecular weight excluding hydrogens is 467 g/mol. The number of halogens is 1. The number of aliphatic carboxylic acids is 1. The average Bonchev–Trinajstić information content (AvgIpc) is 3.50. The molecule has 0 bridgehead atoms. The Kier molecular flexibility index (Phi) is 5.85. The molecule has 2 atom stereocenters. The number of rotatable bonds is 5. The van der Waals surface area contributed by atoms with Crippen LogP contribution in [0.1, 0.15) is 48.8 Å². The van der Waals surface area contributed by atoms with Gasteiger partial charge in [-0.2, -0.15) is 5.10 Å². The van der Waals surface area contributed by atoms with Crippen molar-refractivity contribution in [2.45, 2.75) is 43.6 Å². The van der Waals surface area contributed by atoms with Gasteiger partial charge in [0.15, 0.2) is 23.3 Å². The van der Waals surface area contributed by atoms with Gasteiger partial charge in [-0.25, -0.2) is 14.2 Å². The van der Waals surface area contributed by atoms with Crippen molar-refractivity contribution >= 4 is 28.0 Å². The molecule has 2 aliphatic rings. The van der Waals surface area contributed by atoms with Crippen molar-refractivity contribution < 1.29 is 28.5 Å². The van der Waals surface area contributed by atoms with Crippen molar-refractivity contribution in [1.29, 1.82) is 0 Å². The summed E-state index contributed by atoms with van der Waals surface area (Å²) in [6, 6.07) is 6.92. The number of nitrogens with zero attached hydrogens (tertiary/aromatic N) is 3. The molecule has 2 unspecified atom stereocenters. The van der Waals surface area contributed by atoms with E-state index in [1.54, 1.807) is 18.3 Å². The van der Waals surface area contributed by atoms with Crippen molar-refractivity contribution in [1.82, 2.24) is 19.7 Å². The Morgan fingerprint density at radius 2 is 2.03 bits per heavy atom. The molecule has 0 aliphatic carbocycles. The lowest BCUT2D eigenvalue weighted by Crippen LogP contribution is -2.32. The summed E-state index contributed by atoms with van der Waals surface area (Å²) in [5.41, 5.74) is 5.30. The number of hydrogen-bond acceptors (Lipinski definition) is 6. The molecule has 5 heterocycles. The minimum atomic E-state index is -0.934. The first-order valence-electron chi connectivity index (χ1n) is 12.2. The number of carbonyl (C=O) groups is 1. The highest BCUT2D eigenvalue weighted by atomic mass is 19.1. The molecule has 10 heteroatoms. The van der Waals surface area contributed by atoms with Crippen LogP contribution in [0.15, 0.2) is 30.5 Å². The lowest BCUT2D eigenvalue weighted by Gasteiger charge is -2.30. The Hall–Kier alpha value is -3.50. The predicted molar refractivity (Wildman–Crippen MR) is 129 cm³/mol. The third-order valence-corrected chi connectivity index (χ3v) is 7.38. The number of methoxy groups -OCH3 is 1. The lowest BCUT2D eigenvalue weighted by molar-refractivity contribution is -0.153. The van der Waals surface area contributed by atoms with Gasteiger partial charge in [-0.15, -0.1) is 0 Å². The first-order valence-corrected chi connectivity index (χ1v) is 12.2. The zero-order chi connectivity index (χ0) is 24.8. The normalized spacial score (nSPS) is 21.3. The van der Waals surface area contributed by atoms with Crippen LogP contribution in [-0.2, 0) is 14.3 Å². The highest BCUT2D eigenvalue weighted by Gasteiger charge is 2.35. The van der Waals surface area contributed by atoms with Crippen molar-refractivity contribution in [3.8, 4) is 11.4 Å². The summed E-state index contributed by atoms with van der Waals surface area (Å²) >= 11 is 0. The van der Waals surface area contributed by atoms with E-state index in [1.807, 2.05) is 6.07 Å². The Balaban J connectivity index is 1.62. The van der Waals surface area contributed by atoms with Crippen LogP contribution in [0.2, 0.25) is 0 Å². The van der Waals surface area contributed by atoms with Gasteiger partial charge >= 0.3 is 5.97 Å². The smallest absolute Gasteiger partial charge is 0.332 e. The Morgan fingerprint density at radius 3 is 2.75 bits per heavy atom. The van der Waals surface area contributed by atoms with Crippen LogP contribution < -0.4 is 4.74 Å². The number of aromatic amines is 1. The van der Waals surface area contributed by atoms with E-state index in [0.717, 1.165) is 46.2 Å². The van der Waals surface area contributed by atoms with Crippen LogP contribution >= 0.6 is 0 Å². The van der Waals surface area contributed by atoms with E-state index in [4.69, 9.17) is 19.2 Å². The number of carboxylic acid groups (broad SMARTS) is 1. The number of carboxylic acids is 1. The second-order valence-corrected chi connectivity index (χ2v) is 9.44. The minimum absolute atomic E-state index is 0.0302. The average molecular weight is 495 g/mol. The summed E-state index contributed by atoms with van der Waals surface area (Å²) < 4.78 is 33.3. The molecule has 3 aromatic heterocycles. The number of ether oxygens (including phenoxy) is 3. The molecule has 36 heavy (non-hydrogen) atoms. The van der Waals surface area contributed by atoms with Crippen molar-refractivity contribution in [2.24, 2.45) is 0 Å². The number of fused-ring (bicyclic) bond motifs is 2. The van der Waals surface area contributed by atoms with Crippen molar-refractivity contribution in [3.05, 3.63) is 47.5 Å². The van der Waals surface area contributed by atoms with E-state index in [-0.39, 0.29) is 17.6 Å². The van der Waals surface area contributed by atoms with E-state index in [2.05, 4.69) is 14.8 Å². The molecule has 4 aromatic rings. The van der Waals surface area contributed by atoms with Crippen molar-refractivity contribution in [2.75, 3.05) is 26.9 Å². The summed E-state index contributed by atoms with van der Waals surface area (Å²) in [4.78, 5) is 16.5. The maximum atomic E-state index is 14.4. The first-order chi connectivity index (χ1) is 17.5. The molecule has 2 saturated heterocycles. The van der Waals surface area contributed by atoms with Crippen LogP contribution in [0.3, 0.4) is 0 Å². The second kappa shape index (κ2) is 9.18. The molecule has 0 radical (unpaired) electrons. The van der Waals surface area contributed by atoms with Gasteiger partial charge in [0.25, 0.3) is 0 Å². The topological polar surface area (TPSA) is 111 Å². The van der Waals surface area contributed by atoms with E-state index < -0.39 is 17.9 Å². The SMILES string of the molecule is COc1cc(-n2c(C3CCOCC3)c(C3CCC(C(=O)O)OC3)c3nc4[nH]ncc4cc32)ccc1F. The number of hydrogen-bond donors (Lipinski definition) is 2. The molecule has 0 amide bonds. The van der Waals surface area contributed by atoms with Gasteiger partial charge in [-0.05, 0) is 43.9 Å². The molecule has 2 fully saturated rings. The molecule has 0 saturated carbocycles. The van der Waals surface area contributed by atoms with E-state index in [0.29, 0.717) is 38.3 Å². The standard InChI is InChI=1S/C26H27FN4O5/c1-34-21-11-17(3-4-18(21)27)31-19-10-16-12-28-30-25(16)29-23(19)22(24(31)14-6-8-35-9-7-14)15-2-5-20(26(32)33)36-13-15/h3-4,10-12,14-15,20H,2,5-9,13H2,1H3,(H,32,33)(H,28,29,30). The first kappa shape index (κ1) is 22.9. The maximum absolute atomic E-state index is 14.4. The van der Waals surface area contributed by atoms with Crippen molar-refractivity contribution in [3.63, 3.8) is 0 Å². The fraction of sp³-hybridized carbons (Fsp3) is 0.423. The fourth-order valence-electron chi connectivity index (χ4n) is 5.62. The van der Waals surface area contributed by atoms with E-state index >= 15 is 0 Å². The van der Waals surface area contributed by atoms with E-state index in [9.17, 15) is 14.3 Å². The highest BCUT2D eigenvalue weighted by Crippen LogP contribution is 2.44. The molecule has 188 valence electrons. The summed E-state index contributed by atoms with van der Waals surface area (Å²) in [6.07, 6.45) is 3.71. The fourth-order valence-corrected chi connectivity index (χ4v) is 5.62. The minimum Gasteiger partial charge on any atom is -0.494 e. The summed E-state index contributed by atoms with van der Waals surface area (Å²) in [5, 5.41) is 17.4. The Labute approximate surface area is 206 Å². The third-order valence-electron chi connectivity index (χ3n) is 7.38. The summed E-state index contributed by atoms with van der Waals surface area (Å²) in [7, 11) is 1.45. The van der Waals surface area contributed by atoms with Crippen LogP contribution in [-0.4, -0.2) is 63.9 Å². The quantitative estimate of drug-likeness (QED) is 0.426. The number of pyridine rings is 1.